The third-order valence-electron chi connectivity index (χ3n) is 7.45. The summed E-state index contributed by atoms with van der Waals surface area (Å²) >= 11 is 0. The Morgan fingerprint density at radius 3 is 1.77 bits per heavy atom. The molecule has 0 aromatic heterocycles. The van der Waals surface area contributed by atoms with E-state index in [2.05, 4.69) is 70.5 Å². The van der Waals surface area contributed by atoms with Crippen molar-refractivity contribution < 1.29 is 0 Å². The van der Waals surface area contributed by atoms with Gasteiger partial charge in [-0.05, 0) is 69.5 Å². The number of fused-ring (bicyclic) bond motifs is 2. The summed E-state index contributed by atoms with van der Waals surface area (Å²) in [7, 11) is 0. The van der Waals surface area contributed by atoms with Gasteiger partial charge in [0.05, 0.1) is 11.4 Å². The average molecular weight is 391 g/mol. The largest absolute Gasteiger partial charge is 0.370 e. The van der Waals surface area contributed by atoms with Crippen molar-refractivity contribution in [3.63, 3.8) is 0 Å². The molecular weight excluding hydrogens is 364 g/mol. The van der Waals surface area contributed by atoms with E-state index in [1.807, 2.05) is 0 Å². The van der Waals surface area contributed by atoms with Gasteiger partial charge in [0.2, 0.25) is 0 Å². The zero-order valence-electron chi connectivity index (χ0n) is 17.3. The van der Waals surface area contributed by atoms with E-state index in [1.54, 1.807) is 0 Å². The molecule has 2 aliphatic rings. The van der Waals surface area contributed by atoms with Crippen LogP contribution in [0.1, 0.15) is 25.7 Å². The van der Waals surface area contributed by atoms with Crippen molar-refractivity contribution in [1.82, 2.24) is 0 Å². The Balaban J connectivity index is 1.75. The number of hydrogen-bond donors (Lipinski definition) is 0. The van der Waals surface area contributed by atoms with Crippen LogP contribution < -0.4 is 9.80 Å². The molecule has 0 spiro atoms. The highest BCUT2D eigenvalue weighted by molar-refractivity contribution is 6.36. The highest BCUT2D eigenvalue weighted by atomic mass is 15.2. The smallest absolute Gasteiger partial charge is 0.0690 e. The summed E-state index contributed by atoms with van der Waals surface area (Å²) < 4.78 is 0. The van der Waals surface area contributed by atoms with Gasteiger partial charge >= 0.3 is 0 Å². The average Bonchev–Trinajstić information content (AvgIpc) is 3.51. The second-order valence-electron chi connectivity index (χ2n) is 9.12. The van der Waals surface area contributed by atoms with Crippen LogP contribution in [0.4, 0.5) is 11.4 Å². The second-order valence-corrected chi connectivity index (χ2v) is 9.12. The predicted octanol–water partition coefficient (Wildman–Crippen LogP) is 6.94. The Kier molecular flexibility index (Phi) is 3.49. The SMILES string of the molecule is c1cc2cccc3c4c(N5CCCC5)c(N5CCCC5)cc5cccc(c(c1)c23)c54. The highest BCUT2D eigenvalue weighted by Crippen LogP contribution is 2.49. The van der Waals surface area contributed by atoms with E-state index in [4.69, 9.17) is 0 Å². The van der Waals surface area contributed by atoms with Crippen LogP contribution in [0.2, 0.25) is 0 Å². The van der Waals surface area contributed by atoms with E-state index in [1.165, 1.54) is 106 Å². The fourth-order valence-electron chi connectivity index (χ4n) is 6.15. The lowest BCUT2D eigenvalue weighted by Crippen LogP contribution is -2.25. The summed E-state index contributed by atoms with van der Waals surface area (Å²) in [5.74, 6) is 0. The van der Waals surface area contributed by atoms with Crippen LogP contribution in [0.15, 0.2) is 60.7 Å². The van der Waals surface area contributed by atoms with Crippen molar-refractivity contribution >= 4 is 54.5 Å². The van der Waals surface area contributed by atoms with E-state index < -0.39 is 0 Å². The molecule has 0 amide bonds. The van der Waals surface area contributed by atoms with Gasteiger partial charge in [0.25, 0.3) is 0 Å². The molecule has 2 heterocycles. The van der Waals surface area contributed by atoms with E-state index in [9.17, 15) is 0 Å². The third kappa shape index (κ3) is 2.19. The fourth-order valence-corrected chi connectivity index (χ4v) is 6.15. The summed E-state index contributed by atoms with van der Waals surface area (Å²) in [6.07, 6.45) is 5.23. The summed E-state index contributed by atoms with van der Waals surface area (Å²) in [5.41, 5.74) is 2.96. The van der Waals surface area contributed by atoms with Crippen molar-refractivity contribution in [3.8, 4) is 0 Å². The first kappa shape index (κ1) is 16.8. The van der Waals surface area contributed by atoms with Crippen molar-refractivity contribution in [2.75, 3.05) is 36.0 Å². The summed E-state index contributed by atoms with van der Waals surface area (Å²) in [4.78, 5) is 5.34. The molecule has 0 bridgehead atoms. The third-order valence-corrected chi connectivity index (χ3v) is 7.45. The Morgan fingerprint density at radius 2 is 1.07 bits per heavy atom. The first-order valence-corrected chi connectivity index (χ1v) is 11.5. The molecule has 5 aromatic rings. The number of hydrogen-bond acceptors (Lipinski definition) is 2. The minimum absolute atomic E-state index is 1.18. The van der Waals surface area contributed by atoms with Crippen LogP contribution in [-0.2, 0) is 0 Å². The molecule has 0 saturated carbocycles. The number of nitrogens with zero attached hydrogens (tertiary/aromatic N) is 2. The molecule has 148 valence electrons. The monoisotopic (exact) mass is 390 g/mol. The Bertz CT molecular complexity index is 1400. The summed E-state index contributed by atoms with van der Waals surface area (Å²) in [6.45, 7) is 4.73. The molecule has 2 fully saturated rings. The van der Waals surface area contributed by atoms with Crippen LogP contribution >= 0.6 is 0 Å². The lowest BCUT2D eigenvalue weighted by molar-refractivity contribution is 0.934. The Hall–Kier alpha value is -3.00. The van der Waals surface area contributed by atoms with Crippen molar-refractivity contribution in [2.24, 2.45) is 0 Å². The van der Waals surface area contributed by atoms with Gasteiger partial charge in [-0.25, -0.2) is 0 Å². The van der Waals surface area contributed by atoms with Crippen LogP contribution in [0.5, 0.6) is 0 Å². The molecule has 30 heavy (non-hydrogen) atoms. The maximum absolute atomic E-state index is 2.69. The zero-order chi connectivity index (χ0) is 19.7. The molecule has 0 aliphatic carbocycles. The van der Waals surface area contributed by atoms with E-state index in [0.29, 0.717) is 0 Å². The first-order chi connectivity index (χ1) is 14.9. The predicted molar refractivity (Wildman–Crippen MR) is 131 cm³/mol. The molecule has 2 aliphatic heterocycles. The maximum Gasteiger partial charge on any atom is 0.0690 e. The van der Waals surface area contributed by atoms with E-state index in [-0.39, 0.29) is 0 Å². The van der Waals surface area contributed by atoms with Gasteiger partial charge in [-0.2, -0.15) is 0 Å². The molecule has 7 rings (SSSR count). The van der Waals surface area contributed by atoms with Gasteiger partial charge in [-0.1, -0.05) is 54.6 Å². The standard InChI is InChI=1S/C28H26N2/c1-2-15-29(14-1)24-18-20-10-7-12-22-21-11-5-8-19-9-6-13-23(25(19)21)27(26(20)22)28(24)30-16-3-4-17-30/h5-13,18H,1-4,14-17H2. The summed E-state index contributed by atoms with van der Waals surface area (Å²) in [6, 6.07) is 23.1. The zero-order valence-corrected chi connectivity index (χ0v) is 17.3. The topological polar surface area (TPSA) is 6.48 Å². The molecule has 2 heteroatoms. The lowest BCUT2D eigenvalue weighted by Gasteiger charge is -2.30. The molecule has 5 aromatic carbocycles. The van der Waals surface area contributed by atoms with Gasteiger partial charge in [-0.3, -0.25) is 0 Å². The second kappa shape index (κ2) is 6.25. The fraction of sp³-hybridized carbons (Fsp3) is 0.286. The van der Waals surface area contributed by atoms with Gasteiger partial charge in [0, 0.05) is 31.6 Å². The maximum atomic E-state index is 2.69. The molecule has 0 unspecified atom stereocenters. The number of rotatable bonds is 2. The molecule has 0 radical (unpaired) electrons. The first-order valence-electron chi connectivity index (χ1n) is 11.5. The van der Waals surface area contributed by atoms with Crippen molar-refractivity contribution in [3.05, 3.63) is 60.7 Å². The molecular formula is C28H26N2. The van der Waals surface area contributed by atoms with Crippen LogP contribution in [0, 0.1) is 0 Å². The molecule has 2 nitrogen and oxygen atoms in total. The normalized spacial score (nSPS) is 17.5. The van der Waals surface area contributed by atoms with E-state index >= 15 is 0 Å². The summed E-state index contributed by atoms with van der Waals surface area (Å²) in [5, 5.41) is 11.3. The van der Waals surface area contributed by atoms with Crippen LogP contribution in [0.3, 0.4) is 0 Å². The van der Waals surface area contributed by atoms with Crippen molar-refractivity contribution in [1.29, 1.82) is 0 Å². The minimum atomic E-state index is 1.18. The van der Waals surface area contributed by atoms with Crippen molar-refractivity contribution in [2.45, 2.75) is 25.7 Å². The van der Waals surface area contributed by atoms with Crippen LogP contribution in [-0.4, -0.2) is 26.2 Å². The highest BCUT2D eigenvalue weighted by Gasteiger charge is 2.26. The Morgan fingerprint density at radius 1 is 0.500 bits per heavy atom. The molecule has 0 atom stereocenters. The minimum Gasteiger partial charge on any atom is -0.370 e. The number of benzene rings is 5. The Labute approximate surface area is 177 Å². The lowest BCUT2D eigenvalue weighted by atomic mass is 9.88. The van der Waals surface area contributed by atoms with E-state index in [0.717, 1.165) is 0 Å². The van der Waals surface area contributed by atoms with Crippen LogP contribution in [0.25, 0.3) is 43.1 Å². The van der Waals surface area contributed by atoms with Gasteiger partial charge < -0.3 is 9.80 Å². The quantitative estimate of drug-likeness (QED) is 0.238. The van der Waals surface area contributed by atoms with Gasteiger partial charge in [0.1, 0.15) is 0 Å². The number of anilines is 2. The van der Waals surface area contributed by atoms with Gasteiger partial charge in [-0.15, -0.1) is 0 Å². The van der Waals surface area contributed by atoms with Gasteiger partial charge in [0.15, 0.2) is 0 Å². The molecule has 0 N–H and O–H groups in total. The molecule has 2 saturated heterocycles.